The van der Waals surface area contributed by atoms with E-state index in [9.17, 15) is 0 Å². The fourth-order valence-electron chi connectivity index (χ4n) is 3.44. The molecule has 1 fully saturated rings. The van der Waals surface area contributed by atoms with Gasteiger partial charge in [0.1, 0.15) is 0 Å². The smallest absolute Gasteiger partial charge is 0.180 e. The molecule has 27 heavy (non-hydrogen) atoms. The van der Waals surface area contributed by atoms with Crippen molar-refractivity contribution in [2.24, 2.45) is 0 Å². The molecule has 0 aromatic carbocycles. The SMILES string of the molecule is CCn1cc(-c2cnc3c(NCCCN4CCOCC4)nc(C)cn23)cn1. The van der Waals surface area contributed by atoms with Crippen molar-refractivity contribution in [3.05, 3.63) is 30.5 Å². The number of fused-ring (bicyclic) bond motifs is 1. The van der Waals surface area contributed by atoms with Gasteiger partial charge in [0.25, 0.3) is 0 Å². The lowest BCUT2D eigenvalue weighted by atomic mass is 10.3. The van der Waals surface area contributed by atoms with Gasteiger partial charge in [0, 0.05) is 44.1 Å². The summed E-state index contributed by atoms with van der Waals surface area (Å²) in [5.41, 5.74) is 3.91. The van der Waals surface area contributed by atoms with Crippen molar-refractivity contribution in [2.75, 3.05) is 44.7 Å². The van der Waals surface area contributed by atoms with E-state index in [1.54, 1.807) is 0 Å². The molecule has 0 spiro atoms. The Morgan fingerprint density at radius 2 is 2.04 bits per heavy atom. The van der Waals surface area contributed by atoms with Gasteiger partial charge in [-0.15, -0.1) is 0 Å². The Bertz CT molecular complexity index is 895. The normalized spacial score (nSPS) is 15.5. The van der Waals surface area contributed by atoms with Crippen LogP contribution >= 0.6 is 0 Å². The molecule has 144 valence electrons. The molecule has 8 heteroatoms. The lowest BCUT2D eigenvalue weighted by Crippen LogP contribution is -2.37. The van der Waals surface area contributed by atoms with Crippen LogP contribution in [0.15, 0.2) is 24.8 Å². The lowest BCUT2D eigenvalue weighted by Gasteiger charge is -2.26. The standard InChI is InChI=1S/C19H27N7O/c1-3-25-14-16(11-22-25)17-12-21-19-18(23-15(2)13-26(17)19)20-5-4-6-24-7-9-27-10-8-24/h11-14H,3-10H2,1-2H3,(H,20,23). The van der Waals surface area contributed by atoms with Crippen molar-refractivity contribution in [1.82, 2.24) is 29.0 Å². The Morgan fingerprint density at radius 1 is 1.19 bits per heavy atom. The van der Waals surface area contributed by atoms with Crippen molar-refractivity contribution in [3.8, 4) is 11.3 Å². The Labute approximate surface area is 159 Å². The monoisotopic (exact) mass is 369 g/mol. The highest BCUT2D eigenvalue weighted by atomic mass is 16.5. The minimum atomic E-state index is 0.839. The number of nitrogens with zero attached hydrogens (tertiary/aromatic N) is 6. The number of aryl methyl sites for hydroxylation is 2. The van der Waals surface area contributed by atoms with Crippen molar-refractivity contribution >= 4 is 11.5 Å². The van der Waals surface area contributed by atoms with Crippen molar-refractivity contribution in [1.29, 1.82) is 0 Å². The molecule has 4 rings (SSSR count). The largest absolute Gasteiger partial charge is 0.379 e. The number of anilines is 1. The van der Waals surface area contributed by atoms with Gasteiger partial charge in [0.2, 0.25) is 0 Å². The second kappa shape index (κ2) is 8.06. The maximum Gasteiger partial charge on any atom is 0.180 e. The molecule has 0 unspecified atom stereocenters. The average Bonchev–Trinajstić information content (AvgIpc) is 3.32. The highest BCUT2D eigenvalue weighted by Crippen LogP contribution is 2.24. The first kappa shape index (κ1) is 17.9. The second-order valence-corrected chi connectivity index (χ2v) is 6.89. The van der Waals surface area contributed by atoms with Crippen LogP contribution in [0, 0.1) is 6.92 Å². The number of hydrogen-bond acceptors (Lipinski definition) is 6. The van der Waals surface area contributed by atoms with E-state index in [-0.39, 0.29) is 0 Å². The molecule has 3 aromatic rings. The first-order valence-corrected chi connectivity index (χ1v) is 9.66. The van der Waals surface area contributed by atoms with Crippen LogP contribution in [0.1, 0.15) is 19.0 Å². The maximum absolute atomic E-state index is 5.40. The molecule has 1 saturated heterocycles. The summed E-state index contributed by atoms with van der Waals surface area (Å²) in [6, 6.07) is 0. The summed E-state index contributed by atoms with van der Waals surface area (Å²) < 4.78 is 9.42. The van der Waals surface area contributed by atoms with Crippen molar-refractivity contribution < 1.29 is 4.74 Å². The van der Waals surface area contributed by atoms with Gasteiger partial charge in [-0.1, -0.05) is 0 Å². The summed E-state index contributed by atoms with van der Waals surface area (Å²) in [7, 11) is 0. The first-order valence-electron chi connectivity index (χ1n) is 9.66. The maximum atomic E-state index is 5.40. The third-order valence-electron chi connectivity index (χ3n) is 4.91. The van der Waals surface area contributed by atoms with Crippen LogP contribution in [0.3, 0.4) is 0 Å². The zero-order valence-electron chi connectivity index (χ0n) is 16.1. The van der Waals surface area contributed by atoms with E-state index in [4.69, 9.17) is 4.74 Å². The summed E-state index contributed by atoms with van der Waals surface area (Å²) >= 11 is 0. The lowest BCUT2D eigenvalue weighted by molar-refractivity contribution is 0.0378. The number of imidazole rings is 1. The topological polar surface area (TPSA) is 72.5 Å². The highest BCUT2D eigenvalue weighted by Gasteiger charge is 2.13. The van der Waals surface area contributed by atoms with Gasteiger partial charge in [0.05, 0.1) is 37.0 Å². The highest BCUT2D eigenvalue weighted by molar-refractivity contribution is 5.70. The molecule has 0 amide bonds. The molecule has 3 aromatic heterocycles. The molecule has 1 aliphatic heterocycles. The second-order valence-electron chi connectivity index (χ2n) is 6.89. The van der Waals surface area contributed by atoms with Crippen LogP contribution < -0.4 is 5.32 Å². The molecule has 1 aliphatic rings. The summed E-state index contributed by atoms with van der Waals surface area (Å²) in [6.45, 7) is 10.7. The van der Waals surface area contributed by atoms with Gasteiger partial charge in [0.15, 0.2) is 11.5 Å². The number of ether oxygens (including phenoxy) is 1. The number of aromatic nitrogens is 5. The molecular weight excluding hydrogens is 342 g/mol. The molecule has 0 bridgehead atoms. The first-order chi connectivity index (χ1) is 13.2. The molecular formula is C19H27N7O. The predicted molar refractivity (Wildman–Crippen MR) is 105 cm³/mol. The van der Waals surface area contributed by atoms with Gasteiger partial charge < -0.3 is 10.1 Å². The number of nitrogens with one attached hydrogen (secondary N) is 1. The molecule has 0 saturated carbocycles. The van der Waals surface area contributed by atoms with Crippen LogP contribution in [-0.4, -0.2) is 68.4 Å². The van der Waals surface area contributed by atoms with Crippen molar-refractivity contribution in [2.45, 2.75) is 26.8 Å². The van der Waals surface area contributed by atoms with Gasteiger partial charge in [-0.2, -0.15) is 5.10 Å². The Morgan fingerprint density at radius 3 is 2.81 bits per heavy atom. The summed E-state index contributed by atoms with van der Waals surface area (Å²) in [6.07, 6.45) is 8.93. The van der Waals surface area contributed by atoms with Crippen LogP contribution in [0.5, 0.6) is 0 Å². The zero-order valence-corrected chi connectivity index (χ0v) is 16.1. The number of rotatable bonds is 7. The molecule has 0 radical (unpaired) electrons. The number of morpholine rings is 1. The third-order valence-corrected chi connectivity index (χ3v) is 4.91. The van der Waals surface area contributed by atoms with E-state index < -0.39 is 0 Å². The van der Waals surface area contributed by atoms with Gasteiger partial charge in [-0.25, -0.2) is 9.97 Å². The van der Waals surface area contributed by atoms with Crippen LogP contribution in [0.4, 0.5) is 5.82 Å². The fraction of sp³-hybridized carbons (Fsp3) is 0.526. The molecule has 0 aliphatic carbocycles. The minimum absolute atomic E-state index is 0.839. The molecule has 0 atom stereocenters. The molecule has 1 N–H and O–H groups in total. The van der Waals surface area contributed by atoms with Crippen LogP contribution in [0.25, 0.3) is 16.9 Å². The Hall–Kier alpha value is -2.45. The van der Waals surface area contributed by atoms with E-state index in [1.165, 1.54) is 0 Å². The minimum Gasteiger partial charge on any atom is -0.379 e. The predicted octanol–water partition coefficient (Wildman–Crippen LogP) is 2.06. The Balaban J connectivity index is 1.48. The van der Waals surface area contributed by atoms with Crippen LogP contribution in [0.2, 0.25) is 0 Å². The quantitative estimate of drug-likeness (QED) is 0.643. The molecule has 4 heterocycles. The van der Waals surface area contributed by atoms with Crippen LogP contribution in [-0.2, 0) is 11.3 Å². The van der Waals surface area contributed by atoms with Gasteiger partial charge in [-0.3, -0.25) is 14.0 Å². The van der Waals surface area contributed by atoms with E-state index in [2.05, 4.69) is 42.8 Å². The summed E-state index contributed by atoms with van der Waals surface area (Å²) in [5.74, 6) is 0.839. The average molecular weight is 369 g/mol. The Kier molecular flexibility index (Phi) is 5.35. The third kappa shape index (κ3) is 3.96. The van der Waals surface area contributed by atoms with E-state index in [0.29, 0.717) is 0 Å². The molecule has 8 nitrogen and oxygen atoms in total. The van der Waals surface area contributed by atoms with Crippen molar-refractivity contribution in [3.63, 3.8) is 0 Å². The summed E-state index contributed by atoms with van der Waals surface area (Å²) in [5, 5.41) is 7.85. The van der Waals surface area contributed by atoms with E-state index >= 15 is 0 Å². The fourth-order valence-corrected chi connectivity index (χ4v) is 3.44. The zero-order chi connectivity index (χ0) is 18.6. The van der Waals surface area contributed by atoms with E-state index in [0.717, 1.165) is 80.8 Å². The van der Waals surface area contributed by atoms with Gasteiger partial charge in [-0.05, 0) is 26.8 Å². The van der Waals surface area contributed by atoms with Gasteiger partial charge >= 0.3 is 0 Å². The summed E-state index contributed by atoms with van der Waals surface area (Å²) in [4.78, 5) is 11.7. The number of hydrogen-bond donors (Lipinski definition) is 1. The van der Waals surface area contributed by atoms with E-state index in [1.807, 2.05) is 30.2 Å².